The maximum atomic E-state index is 8.88. The van der Waals surface area contributed by atoms with E-state index >= 15 is 0 Å². The Morgan fingerprint density at radius 2 is 1.45 bits per heavy atom. The van der Waals surface area contributed by atoms with Crippen molar-refractivity contribution < 1.29 is 29.9 Å². The largest absolute Gasteiger partial charge is 0.393 e. The molecule has 0 aliphatic carbocycles. The van der Waals surface area contributed by atoms with Crippen LogP contribution in [0.5, 0.6) is 0 Å². The third-order valence-electron chi connectivity index (χ3n) is 1.34. The summed E-state index contributed by atoms with van der Waals surface area (Å²) in [6.45, 7) is -0.481. The first-order valence-electron chi connectivity index (χ1n) is 3.11. The summed E-state index contributed by atoms with van der Waals surface area (Å²) >= 11 is 0. The normalized spacial score (nSPS) is 45.8. The molecule has 0 saturated carbocycles. The number of aliphatic hydroxyl groups excluding tert-OH is 4. The Bertz CT molecular complexity index is 128. The molecule has 0 spiro atoms. The molecule has 66 valence electrons. The van der Waals surface area contributed by atoms with Gasteiger partial charge in [0.1, 0.15) is 6.10 Å². The Morgan fingerprint density at radius 1 is 0.909 bits per heavy atom. The lowest BCUT2D eigenvalue weighted by Gasteiger charge is -2.33. The molecule has 0 aromatic rings. The van der Waals surface area contributed by atoms with Gasteiger partial charge in [-0.15, -0.1) is 0 Å². The van der Waals surface area contributed by atoms with Crippen LogP contribution in [0.3, 0.4) is 0 Å². The summed E-state index contributed by atoms with van der Waals surface area (Å²) in [7, 11) is 0. The summed E-state index contributed by atoms with van der Waals surface area (Å²) < 4.78 is 8.92. The van der Waals surface area contributed by atoms with E-state index in [1.807, 2.05) is 0 Å². The fraction of sp³-hybridized carbons (Fsp3) is 1.00. The van der Waals surface area contributed by atoms with Crippen molar-refractivity contribution in [1.29, 1.82) is 0 Å². The molecule has 1 aliphatic rings. The summed E-state index contributed by atoms with van der Waals surface area (Å²) in [5, 5.41) is 34.9. The number of ether oxygens (including phenoxy) is 2. The lowest BCUT2D eigenvalue weighted by molar-refractivity contribution is -0.379. The maximum absolute atomic E-state index is 8.88. The molecule has 0 amide bonds. The van der Waals surface area contributed by atoms with Crippen molar-refractivity contribution in [2.75, 3.05) is 6.61 Å². The van der Waals surface area contributed by atoms with E-state index in [2.05, 4.69) is 9.47 Å². The highest BCUT2D eigenvalue weighted by molar-refractivity contribution is 4.67. The van der Waals surface area contributed by atoms with Gasteiger partial charge in [-0.1, -0.05) is 0 Å². The van der Waals surface area contributed by atoms with E-state index in [9.17, 15) is 0 Å². The van der Waals surface area contributed by atoms with Crippen molar-refractivity contribution in [3.63, 3.8) is 0 Å². The minimum Gasteiger partial charge on any atom is -0.393 e. The quantitative estimate of drug-likeness (QED) is 0.339. The molecule has 11 heavy (non-hydrogen) atoms. The third kappa shape index (κ3) is 1.86. The fourth-order valence-electron chi connectivity index (χ4n) is 0.744. The monoisotopic (exact) mass is 166 g/mol. The van der Waals surface area contributed by atoms with Gasteiger partial charge < -0.3 is 29.9 Å². The maximum Gasteiger partial charge on any atom is 0.209 e. The van der Waals surface area contributed by atoms with Crippen LogP contribution in [0.1, 0.15) is 0 Å². The number of hydrogen-bond acceptors (Lipinski definition) is 6. The van der Waals surface area contributed by atoms with E-state index in [-0.39, 0.29) is 0 Å². The molecule has 1 rings (SSSR count). The fourth-order valence-corrected chi connectivity index (χ4v) is 0.744. The lowest BCUT2D eigenvalue weighted by Crippen LogP contribution is -2.50. The molecule has 6 nitrogen and oxygen atoms in total. The van der Waals surface area contributed by atoms with E-state index in [1.165, 1.54) is 0 Å². The molecule has 4 atom stereocenters. The minimum atomic E-state index is -1.56. The van der Waals surface area contributed by atoms with Crippen LogP contribution < -0.4 is 0 Å². The lowest BCUT2D eigenvalue weighted by atomic mass is 10.3. The van der Waals surface area contributed by atoms with Gasteiger partial charge in [0.05, 0.1) is 6.61 Å². The molecule has 2 unspecified atom stereocenters. The highest BCUT2D eigenvalue weighted by Crippen LogP contribution is 2.15. The van der Waals surface area contributed by atoms with Crippen LogP contribution in [0.2, 0.25) is 0 Å². The summed E-state index contributed by atoms with van der Waals surface area (Å²) in [5.41, 5.74) is 0. The Kier molecular flexibility index (Phi) is 2.77. The van der Waals surface area contributed by atoms with E-state index in [0.29, 0.717) is 0 Å². The zero-order chi connectivity index (χ0) is 8.43. The van der Waals surface area contributed by atoms with Crippen molar-refractivity contribution in [3.05, 3.63) is 0 Å². The molecule has 0 bridgehead atoms. The van der Waals surface area contributed by atoms with Crippen molar-refractivity contribution in [2.24, 2.45) is 0 Å². The van der Waals surface area contributed by atoms with Gasteiger partial charge >= 0.3 is 0 Å². The van der Waals surface area contributed by atoms with E-state index in [0.717, 1.165) is 0 Å². The number of rotatable bonds is 1. The van der Waals surface area contributed by atoms with Gasteiger partial charge in [-0.25, -0.2) is 0 Å². The molecule has 6 heteroatoms. The number of hydrogen-bond donors (Lipinski definition) is 4. The topological polar surface area (TPSA) is 99.4 Å². The molecule has 0 aromatic carbocycles. The third-order valence-corrected chi connectivity index (χ3v) is 1.34. The second-order valence-corrected chi connectivity index (χ2v) is 2.16. The minimum absolute atomic E-state index is 0.481. The number of aliphatic hydroxyl groups is 4. The second kappa shape index (κ2) is 3.44. The Hall–Kier alpha value is -0.240. The Balaban J connectivity index is 2.48. The van der Waals surface area contributed by atoms with Gasteiger partial charge in [-0.2, -0.15) is 0 Å². The van der Waals surface area contributed by atoms with Gasteiger partial charge in [0.25, 0.3) is 0 Å². The van der Waals surface area contributed by atoms with Crippen molar-refractivity contribution in [3.8, 4) is 0 Å². The zero-order valence-electron chi connectivity index (χ0n) is 5.62. The first-order chi connectivity index (χ1) is 5.15. The van der Waals surface area contributed by atoms with Crippen LogP contribution >= 0.6 is 0 Å². The molecule has 1 aliphatic heterocycles. The van der Waals surface area contributed by atoms with Gasteiger partial charge in [-0.05, 0) is 0 Å². The average molecular weight is 166 g/mol. The van der Waals surface area contributed by atoms with Crippen LogP contribution in [-0.4, -0.2) is 52.0 Å². The van der Waals surface area contributed by atoms with Crippen LogP contribution in [0.4, 0.5) is 0 Å². The van der Waals surface area contributed by atoms with Gasteiger partial charge in [-0.3, -0.25) is 0 Å². The predicted molar refractivity (Wildman–Crippen MR) is 31.1 cm³/mol. The molecule has 0 aromatic heterocycles. The van der Waals surface area contributed by atoms with Crippen LogP contribution in [0.25, 0.3) is 0 Å². The molecule has 4 N–H and O–H groups in total. The summed E-state index contributed by atoms with van der Waals surface area (Å²) in [6.07, 6.45) is -5.49. The Morgan fingerprint density at radius 3 is 2.00 bits per heavy atom. The highest BCUT2D eigenvalue weighted by atomic mass is 16.8. The van der Waals surface area contributed by atoms with Crippen molar-refractivity contribution in [2.45, 2.75) is 25.0 Å². The smallest absolute Gasteiger partial charge is 0.209 e. The molecular weight excluding hydrogens is 156 g/mol. The molecular formula is C5H10O6. The van der Waals surface area contributed by atoms with E-state index < -0.39 is 31.6 Å². The molecule has 1 fully saturated rings. The summed E-state index contributed by atoms with van der Waals surface area (Å²) in [5.74, 6) is 0. The Labute approximate surface area is 62.6 Å². The van der Waals surface area contributed by atoms with Crippen molar-refractivity contribution in [1.82, 2.24) is 0 Å². The molecule has 0 radical (unpaired) electrons. The predicted octanol–water partition coefficient (Wildman–Crippen LogP) is -2.65. The van der Waals surface area contributed by atoms with E-state index in [1.54, 1.807) is 0 Å². The van der Waals surface area contributed by atoms with Gasteiger partial charge in [0.2, 0.25) is 12.6 Å². The van der Waals surface area contributed by atoms with Gasteiger partial charge in [0, 0.05) is 0 Å². The van der Waals surface area contributed by atoms with Crippen LogP contribution in [0, 0.1) is 0 Å². The molecule has 1 heterocycles. The standard InChI is InChI=1S/C5H10O6/c6-1-2-3(7)11-5(9)4(8)10-2/h2-9H,1H2/t2?,3-,4+,5?/m1/s1. The summed E-state index contributed by atoms with van der Waals surface area (Å²) in [6, 6.07) is 0. The van der Waals surface area contributed by atoms with Crippen LogP contribution in [-0.2, 0) is 9.47 Å². The summed E-state index contributed by atoms with van der Waals surface area (Å²) in [4.78, 5) is 0. The zero-order valence-corrected chi connectivity index (χ0v) is 5.62. The average Bonchev–Trinajstić information content (AvgIpc) is 1.97. The van der Waals surface area contributed by atoms with E-state index in [4.69, 9.17) is 20.4 Å². The second-order valence-electron chi connectivity index (χ2n) is 2.16. The van der Waals surface area contributed by atoms with Crippen molar-refractivity contribution >= 4 is 0 Å². The van der Waals surface area contributed by atoms with Gasteiger partial charge in [0.15, 0.2) is 6.29 Å². The molecule has 1 saturated heterocycles. The SMILES string of the molecule is OCC1O[C@H](O)C(O)O[C@H]1O. The first-order valence-corrected chi connectivity index (χ1v) is 3.11. The first kappa shape index (κ1) is 8.85. The highest BCUT2D eigenvalue weighted by Gasteiger charge is 2.35. The van der Waals surface area contributed by atoms with Crippen LogP contribution in [0.15, 0.2) is 0 Å².